The van der Waals surface area contributed by atoms with Crippen molar-refractivity contribution >= 4 is 17.5 Å². The van der Waals surface area contributed by atoms with Crippen LogP contribution in [0.1, 0.15) is 30.1 Å². The fourth-order valence-corrected chi connectivity index (χ4v) is 1.74. The summed E-state index contributed by atoms with van der Waals surface area (Å²) in [5.41, 5.74) is -0.937. The van der Waals surface area contributed by atoms with E-state index in [1.54, 1.807) is 0 Å². The molecule has 20 heavy (non-hydrogen) atoms. The summed E-state index contributed by atoms with van der Waals surface area (Å²) in [6.07, 6.45) is 2.41. The number of aromatic nitrogens is 1. The van der Waals surface area contributed by atoms with E-state index in [9.17, 15) is 14.9 Å². The van der Waals surface area contributed by atoms with Gasteiger partial charge in [0.2, 0.25) is 0 Å². The zero-order valence-corrected chi connectivity index (χ0v) is 11.1. The van der Waals surface area contributed by atoms with Crippen molar-refractivity contribution in [2.75, 3.05) is 18.5 Å². The van der Waals surface area contributed by atoms with E-state index in [0.29, 0.717) is 13.0 Å². The Morgan fingerprint density at radius 3 is 2.80 bits per heavy atom. The molecule has 110 valence electrons. The first-order valence-corrected chi connectivity index (χ1v) is 6.22. The van der Waals surface area contributed by atoms with Crippen LogP contribution in [0.5, 0.6) is 0 Å². The molecule has 3 N–H and O–H groups in total. The van der Waals surface area contributed by atoms with Crippen LogP contribution in [0.15, 0.2) is 12.3 Å². The van der Waals surface area contributed by atoms with Crippen LogP contribution in [-0.2, 0) is 0 Å². The molecule has 0 saturated heterocycles. The molecule has 1 rings (SSSR count). The topological polar surface area (TPSA) is 126 Å². The molecule has 1 heterocycles. The summed E-state index contributed by atoms with van der Waals surface area (Å²) < 4.78 is 0. The van der Waals surface area contributed by atoms with Gasteiger partial charge in [0.1, 0.15) is 17.6 Å². The van der Waals surface area contributed by atoms with Crippen LogP contribution in [0, 0.1) is 16.0 Å². The molecule has 1 unspecified atom stereocenters. The first-order valence-electron chi connectivity index (χ1n) is 6.22. The molecule has 1 atom stereocenters. The lowest BCUT2D eigenvalue weighted by molar-refractivity contribution is -0.385. The van der Waals surface area contributed by atoms with Crippen LogP contribution in [-0.4, -0.2) is 39.2 Å². The minimum atomic E-state index is -1.37. The minimum absolute atomic E-state index is 0.0776. The van der Waals surface area contributed by atoms with Crippen molar-refractivity contribution in [3.05, 3.63) is 27.9 Å². The van der Waals surface area contributed by atoms with Crippen LogP contribution in [0.2, 0.25) is 0 Å². The lowest BCUT2D eigenvalue weighted by Crippen LogP contribution is -2.16. The Hall–Kier alpha value is -2.22. The number of hydrogen-bond donors (Lipinski definition) is 3. The van der Waals surface area contributed by atoms with Gasteiger partial charge < -0.3 is 15.5 Å². The maximum Gasteiger partial charge on any atom is 0.342 e. The van der Waals surface area contributed by atoms with E-state index in [2.05, 4.69) is 10.3 Å². The number of aliphatic hydroxyl groups excluding tert-OH is 1. The number of rotatable bonds is 8. The molecule has 1 aromatic heterocycles. The molecular weight excluding hydrogens is 266 g/mol. The van der Waals surface area contributed by atoms with Crippen molar-refractivity contribution in [2.24, 2.45) is 5.92 Å². The Kier molecular flexibility index (Phi) is 5.85. The van der Waals surface area contributed by atoms with E-state index < -0.39 is 22.1 Å². The number of nitrogens with zero attached hydrogens (tertiary/aromatic N) is 2. The highest BCUT2D eigenvalue weighted by Gasteiger charge is 2.21. The van der Waals surface area contributed by atoms with Crippen molar-refractivity contribution in [2.45, 2.75) is 19.8 Å². The zero-order valence-electron chi connectivity index (χ0n) is 11.1. The summed E-state index contributed by atoms with van der Waals surface area (Å²) in [7, 11) is 0. The number of anilines is 1. The van der Waals surface area contributed by atoms with Gasteiger partial charge in [0.15, 0.2) is 0 Å². The molecule has 0 bridgehead atoms. The van der Waals surface area contributed by atoms with E-state index in [4.69, 9.17) is 10.2 Å². The van der Waals surface area contributed by atoms with Gasteiger partial charge in [0.25, 0.3) is 0 Å². The first kappa shape index (κ1) is 15.8. The van der Waals surface area contributed by atoms with Gasteiger partial charge in [0.05, 0.1) is 4.92 Å². The Morgan fingerprint density at radius 2 is 2.30 bits per heavy atom. The maximum absolute atomic E-state index is 11.0. The number of nitrogens with one attached hydrogen (secondary N) is 1. The van der Waals surface area contributed by atoms with E-state index in [1.807, 2.05) is 6.92 Å². The second kappa shape index (κ2) is 7.39. The third-order valence-corrected chi connectivity index (χ3v) is 3.00. The predicted molar refractivity (Wildman–Crippen MR) is 71.8 cm³/mol. The lowest BCUT2D eigenvalue weighted by Gasteiger charge is -2.14. The number of pyridine rings is 1. The number of aliphatic hydroxyl groups is 1. The standard InChI is InChI=1S/C12H17N3O5/c1-2-8(3-4-16)6-13-11-5-9(12(17)18)10(7-14-11)15(19)20/h5,7-8,16H,2-4,6H2,1H3,(H,13,14)(H,17,18). The molecule has 0 fully saturated rings. The van der Waals surface area contributed by atoms with Gasteiger partial charge in [-0.1, -0.05) is 13.3 Å². The Morgan fingerprint density at radius 1 is 1.60 bits per heavy atom. The highest BCUT2D eigenvalue weighted by atomic mass is 16.6. The second-order valence-corrected chi connectivity index (χ2v) is 4.32. The summed E-state index contributed by atoms with van der Waals surface area (Å²) in [5, 5.41) is 31.5. The van der Waals surface area contributed by atoms with E-state index in [0.717, 1.165) is 18.7 Å². The van der Waals surface area contributed by atoms with Gasteiger partial charge in [-0.15, -0.1) is 0 Å². The maximum atomic E-state index is 11.0. The van der Waals surface area contributed by atoms with Gasteiger partial charge in [-0.3, -0.25) is 10.1 Å². The van der Waals surface area contributed by atoms with Gasteiger partial charge >= 0.3 is 11.7 Å². The average molecular weight is 283 g/mol. The van der Waals surface area contributed by atoms with Crippen molar-refractivity contribution in [1.29, 1.82) is 0 Å². The van der Waals surface area contributed by atoms with Gasteiger partial charge in [-0.25, -0.2) is 9.78 Å². The SMILES string of the molecule is CCC(CCO)CNc1cc(C(=O)O)c([N+](=O)[O-])cn1. The summed E-state index contributed by atoms with van der Waals surface area (Å²) in [5.74, 6) is -0.876. The molecule has 8 nitrogen and oxygen atoms in total. The number of carboxylic acids is 1. The molecule has 0 aliphatic rings. The molecule has 0 aromatic carbocycles. The second-order valence-electron chi connectivity index (χ2n) is 4.32. The fraction of sp³-hybridized carbons (Fsp3) is 0.500. The molecule has 0 saturated carbocycles. The van der Waals surface area contributed by atoms with E-state index in [-0.39, 0.29) is 18.3 Å². The van der Waals surface area contributed by atoms with Crippen molar-refractivity contribution < 1.29 is 19.9 Å². The summed E-state index contributed by atoms with van der Waals surface area (Å²) >= 11 is 0. The Labute approximate surface area is 115 Å². The molecule has 0 spiro atoms. The monoisotopic (exact) mass is 283 g/mol. The number of carbonyl (C=O) groups is 1. The summed E-state index contributed by atoms with van der Waals surface area (Å²) in [6.45, 7) is 2.57. The van der Waals surface area contributed by atoms with Crippen molar-refractivity contribution in [3.63, 3.8) is 0 Å². The predicted octanol–water partition coefficient (Wildman–Crippen LogP) is 1.51. The number of hydrogen-bond acceptors (Lipinski definition) is 6. The third-order valence-electron chi connectivity index (χ3n) is 3.00. The van der Waals surface area contributed by atoms with E-state index in [1.165, 1.54) is 0 Å². The van der Waals surface area contributed by atoms with Crippen LogP contribution < -0.4 is 5.32 Å². The quantitative estimate of drug-likeness (QED) is 0.487. The van der Waals surface area contributed by atoms with Crippen molar-refractivity contribution in [3.8, 4) is 0 Å². The normalized spacial score (nSPS) is 11.9. The van der Waals surface area contributed by atoms with Crippen LogP contribution in [0.3, 0.4) is 0 Å². The van der Waals surface area contributed by atoms with Gasteiger partial charge in [0, 0.05) is 19.2 Å². The Bertz CT molecular complexity index is 492. The average Bonchev–Trinajstić information content (AvgIpc) is 2.42. The van der Waals surface area contributed by atoms with Crippen LogP contribution in [0.4, 0.5) is 11.5 Å². The highest BCUT2D eigenvalue weighted by Crippen LogP contribution is 2.20. The smallest absolute Gasteiger partial charge is 0.342 e. The molecule has 8 heteroatoms. The zero-order chi connectivity index (χ0) is 15.1. The number of nitro groups is 1. The van der Waals surface area contributed by atoms with Crippen LogP contribution in [0.25, 0.3) is 0 Å². The molecule has 0 aliphatic carbocycles. The van der Waals surface area contributed by atoms with Crippen LogP contribution >= 0.6 is 0 Å². The fourth-order valence-electron chi connectivity index (χ4n) is 1.74. The Balaban J connectivity index is 2.84. The lowest BCUT2D eigenvalue weighted by atomic mass is 10.0. The third kappa shape index (κ3) is 4.16. The molecule has 1 aromatic rings. The van der Waals surface area contributed by atoms with Gasteiger partial charge in [-0.05, 0) is 12.3 Å². The number of aromatic carboxylic acids is 1. The summed E-state index contributed by atoms with van der Waals surface area (Å²) in [4.78, 5) is 24.7. The molecule has 0 aliphatic heterocycles. The highest BCUT2D eigenvalue weighted by molar-refractivity contribution is 5.93. The summed E-state index contributed by atoms with van der Waals surface area (Å²) in [6, 6.07) is 1.14. The first-order chi connectivity index (χ1) is 9.49. The minimum Gasteiger partial charge on any atom is -0.477 e. The van der Waals surface area contributed by atoms with Gasteiger partial charge in [-0.2, -0.15) is 0 Å². The largest absolute Gasteiger partial charge is 0.477 e. The molecule has 0 radical (unpaired) electrons. The number of carboxylic acid groups (broad SMARTS) is 1. The van der Waals surface area contributed by atoms with E-state index >= 15 is 0 Å². The molecule has 0 amide bonds. The molecular formula is C12H17N3O5. The van der Waals surface area contributed by atoms with Crippen molar-refractivity contribution in [1.82, 2.24) is 4.98 Å².